The van der Waals surface area contributed by atoms with Crippen molar-refractivity contribution in [1.82, 2.24) is 0 Å². The Balaban J connectivity index is 1.67. The Morgan fingerprint density at radius 3 is 1.76 bits per heavy atom. The fourth-order valence-corrected chi connectivity index (χ4v) is 5.98. The quantitative estimate of drug-likeness (QED) is 0.154. The predicted octanol–water partition coefficient (Wildman–Crippen LogP) is 2.62. The van der Waals surface area contributed by atoms with E-state index < -0.39 is 46.9 Å². The van der Waals surface area contributed by atoms with Crippen molar-refractivity contribution in [2.75, 3.05) is 26.4 Å². The highest BCUT2D eigenvalue weighted by Crippen LogP contribution is 2.67. The average molecular weight is 519 g/mol. The van der Waals surface area contributed by atoms with Gasteiger partial charge in [-0.3, -0.25) is 9.59 Å². The van der Waals surface area contributed by atoms with Crippen LogP contribution in [-0.4, -0.2) is 50.3 Å². The molecule has 1 saturated heterocycles. The molecule has 196 valence electrons. The van der Waals surface area contributed by atoms with Crippen molar-refractivity contribution in [2.45, 2.75) is 18.1 Å². The normalized spacial score (nSPS) is 26.0. The molecule has 3 aliphatic carbocycles. The fraction of sp³-hybridized carbons (Fsp3) is 0.310. The number of aryl methyl sites for hydroxylation is 1. The third kappa shape index (κ3) is 3.61. The molecule has 1 fully saturated rings. The van der Waals surface area contributed by atoms with Crippen LogP contribution in [0.4, 0.5) is 0 Å². The first kappa shape index (κ1) is 25.6. The van der Waals surface area contributed by atoms with Crippen LogP contribution in [0.15, 0.2) is 67.8 Å². The van der Waals surface area contributed by atoms with Crippen LogP contribution in [0.3, 0.4) is 0 Å². The summed E-state index contributed by atoms with van der Waals surface area (Å²) < 4.78 is 28.5. The van der Waals surface area contributed by atoms with Crippen LogP contribution in [0.2, 0.25) is 0 Å². The summed E-state index contributed by atoms with van der Waals surface area (Å²) in [4.78, 5) is 49.9. The number of benzene rings is 2. The molecule has 6 rings (SSSR count). The third-order valence-corrected chi connectivity index (χ3v) is 7.27. The number of carbonyl (C=O) groups excluding carboxylic acids is 4. The van der Waals surface area contributed by atoms with Gasteiger partial charge in [-0.05, 0) is 29.2 Å². The van der Waals surface area contributed by atoms with E-state index in [0.29, 0.717) is 22.3 Å². The highest BCUT2D eigenvalue weighted by molar-refractivity contribution is 6.01. The van der Waals surface area contributed by atoms with E-state index in [4.69, 9.17) is 23.7 Å². The number of carbonyl (C=O) groups is 4. The second-order valence-corrected chi connectivity index (χ2v) is 9.20. The van der Waals surface area contributed by atoms with Crippen molar-refractivity contribution in [3.63, 3.8) is 0 Å². The van der Waals surface area contributed by atoms with E-state index in [1.54, 1.807) is 0 Å². The van der Waals surface area contributed by atoms with Gasteiger partial charge in [-0.15, -0.1) is 0 Å². The van der Waals surface area contributed by atoms with Crippen LogP contribution in [0.25, 0.3) is 0 Å². The van der Waals surface area contributed by atoms with Gasteiger partial charge in [-0.2, -0.15) is 0 Å². The van der Waals surface area contributed by atoms with Gasteiger partial charge < -0.3 is 23.7 Å². The van der Waals surface area contributed by atoms with Crippen molar-refractivity contribution in [2.24, 2.45) is 11.8 Å². The number of hydrogen-bond donors (Lipinski definition) is 0. The summed E-state index contributed by atoms with van der Waals surface area (Å²) in [7, 11) is 0. The highest BCUT2D eigenvalue weighted by atomic mass is 16.6. The molecule has 2 aromatic rings. The predicted molar refractivity (Wildman–Crippen MR) is 131 cm³/mol. The largest absolute Gasteiger partial charge is 0.460 e. The average Bonchev–Trinajstić information content (AvgIpc) is 3.24. The van der Waals surface area contributed by atoms with Crippen LogP contribution in [0.5, 0.6) is 0 Å². The minimum Gasteiger partial charge on any atom is -0.460 e. The summed E-state index contributed by atoms with van der Waals surface area (Å²) in [6.07, 6.45) is 2.10. The first-order valence-corrected chi connectivity index (χ1v) is 12.1. The van der Waals surface area contributed by atoms with E-state index in [1.807, 2.05) is 49.4 Å². The van der Waals surface area contributed by atoms with E-state index in [-0.39, 0.29) is 26.4 Å². The van der Waals surface area contributed by atoms with Gasteiger partial charge in [-0.1, -0.05) is 61.2 Å². The molecule has 2 bridgehead atoms. The van der Waals surface area contributed by atoms with Gasteiger partial charge in [0.15, 0.2) is 0 Å². The van der Waals surface area contributed by atoms with E-state index in [9.17, 15) is 19.2 Å². The lowest BCUT2D eigenvalue weighted by Crippen LogP contribution is -2.63. The van der Waals surface area contributed by atoms with Gasteiger partial charge in [0.25, 0.3) is 0 Å². The molecule has 0 aromatic heterocycles. The molecule has 1 heterocycles. The van der Waals surface area contributed by atoms with Gasteiger partial charge in [0, 0.05) is 12.2 Å². The van der Waals surface area contributed by atoms with Crippen molar-refractivity contribution >= 4 is 23.9 Å². The maximum atomic E-state index is 13.3. The lowest BCUT2D eigenvalue weighted by Gasteiger charge is -2.58. The minimum atomic E-state index is -1.40. The van der Waals surface area contributed by atoms with Gasteiger partial charge >= 0.3 is 23.9 Å². The monoisotopic (exact) mass is 518 g/mol. The number of cyclic esters (lactones) is 2. The summed E-state index contributed by atoms with van der Waals surface area (Å²) in [5.74, 6) is -4.79. The second kappa shape index (κ2) is 9.66. The van der Waals surface area contributed by atoms with E-state index in [0.717, 1.165) is 17.7 Å². The molecular weight excluding hydrogens is 492 g/mol. The molecule has 1 aliphatic heterocycles. The Hall–Kier alpha value is -4.08. The lowest BCUT2D eigenvalue weighted by molar-refractivity contribution is -0.183. The Labute approximate surface area is 219 Å². The molecule has 2 aromatic carbocycles. The zero-order valence-electron chi connectivity index (χ0n) is 20.8. The topological polar surface area (TPSA) is 114 Å². The Morgan fingerprint density at radius 1 is 0.789 bits per heavy atom. The van der Waals surface area contributed by atoms with Crippen molar-refractivity contribution in [3.8, 4) is 0 Å². The number of esters is 4. The van der Waals surface area contributed by atoms with Crippen molar-refractivity contribution in [1.29, 1.82) is 0 Å². The van der Waals surface area contributed by atoms with E-state index >= 15 is 0 Å². The Bertz CT molecular complexity index is 1360. The molecule has 38 heavy (non-hydrogen) atoms. The molecule has 0 radical (unpaired) electrons. The van der Waals surface area contributed by atoms with Gasteiger partial charge in [0.05, 0.1) is 13.2 Å². The van der Waals surface area contributed by atoms with Gasteiger partial charge in [0.1, 0.15) is 36.3 Å². The summed E-state index contributed by atoms with van der Waals surface area (Å²) >= 11 is 0. The second-order valence-electron chi connectivity index (χ2n) is 9.20. The summed E-state index contributed by atoms with van der Waals surface area (Å²) in [6.45, 7) is 8.39. The molecule has 0 amide bonds. The van der Waals surface area contributed by atoms with Crippen LogP contribution < -0.4 is 0 Å². The molecule has 4 unspecified atom stereocenters. The molecule has 9 heteroatoms. The molecule has 4 atom stereocenters. The summed E-state index contributed by atoms with van der Waals surface area (Å²) in [6, 6.07) is 12.9. The maximum Gasteiger partial charge on any atom is 0.330 e. The number of ether oxygens (including phenoxy) is 5. The van der Waals surface area contributed by atoms with Crippen LogP contribution in [-0.2, 0) is 54.1 Å². The van der Waals surface area contributed by atoms with Crippen LogP contribution in [0.1, 0.15) is 27.8 Å². The molecule has 0 spiro atoms. The van der Waals surface area contributed by atoms with Crippen molar-refractivity contribution in [3.05, 3.63) is 95.6 Å². The maximum absolute atomic E-state index is 13.3. The lowest BCUT2D eigenvalue weighted by atomic mass is 9.50. The van der Waals surface area contributed by atoms with Crippen LogP contribution >= 0.6 is 0 Å². The summed E-state index contributed by atoms with van der Waals surface area (Å²) in [5.41, 5.74) is 0.697. The first-order valence-electron chi connectivity index (χ1n) is 12.1. The highest BCUT2D eigenvalue weighted by Gasteiger charge is 2.75. The van der Waals surface area contributed by atoms with Gasteiger partial charge in [0.2, 0.25) is 0 Å². The molecule has 4 aliphatic rings. The smallest absolute Gasteiger partial charge is 0.330 e. The zero-order chi connectivity index (χ0) is 27.1. The number of hydrogen-bond acceptors (Lipinski definition) is 9. The Kier molecular flexibility index (Phi) is 6.50. The molecule has 0 saturated carbocycles. The van der Waals surface area contributed by atoms with Crippen LogP contribution in [0, 0.1) is 18.8 Å². The third-order valence-electron chi connectivity index (χ3n) is 7.27. The fourth-order valence-electron chi connectivity index (χ4n) is 5.98. The molecule has 0 N–H and O–H groups in total. The van der Waals surface area contributed by atoms with E-state index in [2.05, 4.69) is 13.2 Å². The summed E-state index contributed by atoms with van der Waals surface area (Å²) in [5, 5.41) is 0. The molecular formula is C29H26O9. The molecule has 9 nitrogen and oxygen atoms in total. The Morgan fingerprint density at radius 2 is 1.26 bits per heavy atom. The SMILES string of the molecule is C=CC(=O)OCCOC12c3ccccc3C(OCCOC(=O)C=C)(c3cc(C)ccc31)C1C(=O)OC(=O)C12. The zero-order valence-corrected chi connectivity index (χ0v) is 20.8. The standard InChI is InChI=1S/C29H26O9/c1-4-22(30)34-12-14-36-28-18-8-6-7-9-19(18)29(37-15-13-35-23(31)5-2,21-16-17(3)10-11-20(21)28)25-24(28)26(32)38-27(25)33/h4-11,16,24-25H,1-2,12-15H2,3H3. The van der Waals surface area contributed by atoms with Gasteiger partial charge in [-0.25, -0.2) is 9.59 Å². The van der Waals surface area contributed by atoms with E-state index in [1.165, 1.54) is 0 Å². The number of rotatable bonds is 10. The minimum absolute atomic E-state index is 0.0582. The van der Waals surface area contributed by atoms with Crippen molar-refractivity contribution < 1.29 is 42.9 Å². The first-order chi connectivity index (χ1) is 18.3.